The Morgan fingerprint density at radius 3 is 3.13 bits per heavy atom. The molecular weight excluding hydrogens is 232 g/mol. The van der Waals surface area contributed by atoms with Crippen molar-refractivity contribution in [1.29, 1.82) is 0 Å². The van der Waals surface area contributed by atoms with Gasteiger partial charge in [0, 0.05) is 24.3 Å². The Bertz CT molecular complexity index is 366. The maximum Gasteiger partial charge on any atom is 0.273 e. The summed E-state index contributed by atoms with van der Waals surface area (Å²) in [6.07, 6.45) is 1.01. The fourth-order valence-electron chi connectivity index (χ4n) is 1.77. The van der Waals surface area contributed by atoms with E-state index >= 15 is 0 Å². The van der Waals surface area contributed by atoms with Crippen LogP contribution in [0.15, 0.2) is 5.38 Å². The third-order valence-electron chi connectivity index (χ3n) is 2.63. The Kier molecular flexibility index (Phi) is 3.26. The first-order valence-corrected chi connectivity index (χ1v) is 6.39. The topological polar surface area (TPSA) is 33.2 Å². The van der Waals surface area contributed by atoms with Crippen molar-refractivity contribution in [2.24, 2.45) is 5.92 Å². The average molecular weight is 245 g/mol. The molecule has 2 heterocycles. The van der Waals surface area contributed by atoms with Gasteiger partial charge < -0.3 is 4.90 Å². The lowest BCUT2D eigenvalue weighted by molar-refractivity contribution is 0.0783. The minimum atomic E-state index is 0.0481. The highest BCUT2D eigenvalue weighted by molar-refractivity contribution is 7.09. The van der Waals surface area contributed by atoms with Gasteiger partial charge in [-0.15, -0.1) is 22.9 Å². The average Bonchev–Trinajstić information content (AvgIpc) is 2.84. The van der Waals surface area contributed by atoms with Gasteiger partial charge in [-0.1, -0.05) is 0 Å². The van der Waals surface area contributed by atoms with Gasteiger partial charge in [0.05, 0.1) is 5.01 Å². The van der Waals surface area contributed by atoms with Gasteiger partial charge in [-0.2, -0.15) is 0 Å². The molecule has 1 aromatic rings. The van der Waals surface area contributed by atoms with E-state index in [-0.39, 0.29) is 5.91 Å². The molecule has 1 amide bonds. The number of nitrogens with zero attached hydrogens (tertiary/aromatic N) is 2. The summed E-state index contributed by atoms with van der Waals surface area (Å²) >= 11 is 7.29. The van der Waals surface area contributed by atoms with E-state index in [2.05, 4.69) is 4.98 Å². The third-order valence-corrected chi connectivity index (χ3v) is 3.84. The van der Waals surface area contributed by atoms with E-state index in [1.165, 1.54) is 11.3 Å². The van der Waals surface area contributed by atoms with Crippen molar-refractivity contribution >= 4 is 28.8 Å². The molecule has 5 heteroatoms. The van der Waals surface area contributed by atoms with Gasteiger partial charge in [0.1, 0.15) is 5.69 Å². The van der Waals surface area contributed by atoms with Crippen LogP contribution in [0.4, 0.5) is 0 Å². The number of hydrogen-bond acceptors (Lipinski definition) is 3. The van der Waals surface area contributed by atoms with Crippen LogP contribution in [0.3, 0.4) is 0 Å². The Labute approximate surface area is 98.1 Å². The molecule has 1 aromatic heterocycles. The zero-order chi connectivity index (χ0) is 10.8. The molecule has 0 N–H and O–H groups in total. The van der Waals surface area contributed by atoms with Crippen LogP contribution in [0.2, 0.25) is 0 Å². The van der Waals surface area contributed by atoms with Crippen LogP contribution < -0.4 is 0 Å². The SMILES string of the molecule is Cc1nc(C(=O)N2CCC(CCl)C2)cs1. The summed E-state index contributed by atoms with van der Waals surface area (Å²) < 4.78 is 0. The molecule has 0 spiro atoms. The van der Waals surface area contributed by atoms with Crippen LogP contribution in [0.5, 0.6) is 0 Å². The van der Waals surface area contributed by atoms with Crippen LogP contribution in [0.1, 0.15) is 21.9 Å². The van der Waals surface area contributed by atoms with Crippen LogP contribution in [-0.4, -0.2) is 34.8 Å². The smallest absolute Gasteiger partial charge is 0.273 e. The van der Waals surface area contributed by atoms with Crippen LogP contribution in [0.25, 0.3) is 0 Å². The second-order valence-corrected chi connectivity index (χ2v) is 5.18. The Morgan fingerprint density at radius 1 is 1.80 bits per heavy atom. The van der Waals surface area contributed by atoms with Gasteiger partial charge in [0.2, 0.25) is 0 Å². The normalized spacial score (nSPS) is 20.9. The van der Waals surface area contributed by atoms with Gasteiger partial charge in [0.15, 0.2) is 0 Å². The molecule has 1 atom stereocenters. The number of likely N-dealkylation sites (tertiary alicyclic amines) is 1. The summed E-state index contributed by atoms with van der Waals surface area (Å²) in [4.78, 5) is 18.0. The van der Waals surface area contributed by atoms with Crippen molar-refractivity contribution in [3.63, 3.8) is 0 Å². The summed E-state index contributed by atoms with van der Waals surface area (Å²) in [5, 5.41) is 2.76. The number of carbonyl (C=O) groups is 1. The molecule has 3 nitrogen and oxygen atoms in total. The summed E-state index contributed by atoms with van der Waals surface area (Å²) in [6.45, 7) is 3.50. The lowest BCUT2D eigenvalue weighted by atomic mass is 10.2. The van der Waals surface area contributed by atoms with Crippen LogP contribution in [-0.2, 0) is 0 Å². The zero-order valence-electron chi connectivity index (χ0n) is 8.57. The summed E-state index contributed by atoms with van der Waals surface area (Å²) in [7, 11) is 0. The van der Waals surface area contributed by atoms with E-state index in [4.69, 9.17) is 11.6 Å². The van der Waals surface area contributed by atoms with Gasteiger partial charge >= 0.3 is 0 Å². The van der Waals surface area contributed by atoms with E-state index in [1.54, 1.807) is 0 Å². The molecule has 82 valence electrons. The molecule has 15 heavy (non-hydrogen) atoms. The summed E-state index contributed by atoms with van der Waals surface area (Å²) in [5.74, 6) is 1.14. The molecule has 2 rings (SSSR count). The van der Waals surface area contributed by atoms with Crippen molar-refractivity contribution in [3.8, 4) is 0 Å². The number of amides is 1. The van der Waals surface area contributed by atoms with E-state index in [0.717, 1.165) is 24.5 Å². The first kappa shape index (κ1) is 10.9. The molecule has 1 fully saturated rings. The van der Waals surface area contributed by atoms with Crippen molar-refractivity contribution in [2.75, 3.05) is 19.0 Å². The largest absolute Gasteiger partial charge is 0.337 e. The molecule has 1 aliphatic rings. The quantitative estimate of drug-likeness (QED) is 0.747. The summed E-state index contributed by atoms with van der Waals surface area (Å²) in [6, 6.07) is 0. The Morgan fingerprint density at radius 2 is 2.60 bits per heavy atom. The molecule has 0 aromatic carbocycles. The molecule has 1 aliphatic heterocycles. The standard InChI is InChI=1S/C10H13ClN2OS/c1-7-12-9(6-15-7)10(14)13-3-2-8(4-11)5-13/h6,8H,2-5H2,1H3. The second-order valence-electron chi connectivity index (χ2n) is 3.81. The summed E-state index contributed by atoms with van der Waals surface area (Å²) in [5.41, 5.74) is 0.577. The highest BCUT2D eigenvalue weighted by atomic mass is 35.5. The number of halogens is 1. The Balaban J connectivity index is 2.03. The molecule has 1 saturated heterocycles. The number of rotatable bonds is 2. The predicted molar refractivity (Wildman–Crippen MR) is 61.6 cm³/mol. The number of aromatic nitrogens is 1. The maximum atomic E-state index is 11.9. The molecule has 0 saturated carbocycles. The lowest BCUT2D eigenvalue weighted by Gasteiger charge is -2.14. The Hall–Kier alpha value is -0.610. The molecular formula is C10H13ClN2OS. The monoisotopic (exact) mass is 244 g/mol. The second kappa shape index (κ2) is 4.49. The first-order chi connectivity index (χ1) is 7.20. The minimum Gasteiger partial charge on any atom is -0.337 e. The molecule has 1 unspecified atom stereocenters. The predicted octanol–water partition coefficient (Wildman–Crippen LogP) is 2.15. The number of thiazole rings is 1. The molecule has 0 bridgehead atoms. The van der Waals surface area contributed by atoms with Crippen molar-refractivity contribution in [2.45, 2.75) is 13.3 Å². The highest BCUT2D eigenvalue weighted by Crippen LogP contribution is 2.20. The van der Waals surface area contributed by atoms with E-state index in [0.29, 0.717) is 17.5 Å². The fourth-order valence-corrected chi connectivity index (χ4v) is 2.61. The van der Waals surface area contributed by atoms with Crippen molar-refractivity contribution in [3.05, 3.63) is 16.1 Å². The van der Waals surface area contributed by atoms with Crippen molar-refractivity contribution in [1.82, 2.24) is 9.88 Å². The molecule has 0 radical (unpaired) electrons. The zero-order valence-corrected chi connectivity index (χ0v) is 10.1. The highest BCUT2D eigenvalue weighted by Gasteiger charge is 2.27. The van der Waals surface area contributed by atoms with E-state index in [1.807, 2.05) is 17.2 Å². The number of aryl methyl sites for hydroxylation is 1. The fraction of sp³-hybridized carbons (Fsp3) is 0.600. The minimum absolute atomic E-state index is 0.0481. The number of carbonyl (C=O) groups excluding carboxylic acids is 1. The van der Waals surface area contributed by atoms with Gasteiger partial charge in [0.25, 0.3) is 5.91 Å². The lowest BCUT2D eigenvalue weighted by Crippen LogP contribution is -2.29. The third kappa shape index (κ3) is 2.32. The number of hydrogen-bond donors (Lipinski definition) is 0. The maximum absolute atomic E-state index is 11.9. The van der Waals surface area contributed by atoms with Gasteiger partial charge in [-0.25, -0.2) is 4.98 Å². The van der Waals surface area contributed by atoms with Gasteiger partial charge in [-0.05, 0) is 19.3 Å². The first-order valence-electron chi connectivity index (χ1n) is 4.98. The molecule has 0 aliphatic carbocycles. The number of alkyl halides is 1. The van der Waals surface area contributed by atoms with E-state index < -0.39 is 0 Å². The van der Waals surface area contributed by atoms with Crippen LogP contribution in [0, 0.1) is 12.8 Å². The van der Waals surface area contributed by atoms with Crippen LogP contribution >= 0.6 is 22.9 Å². The van der Waals surface area contributed by atoms with Crippen molar-refractivity contribution < 1.29 is 4.79 Å². The van der Waals surface area contributed by atoms with Gasteiger partial charge in [-0.3, -0.25) is 4.79 Å². The van der Waals surface area contributed by atoms with E-state index in [9.17, 15) is 4.79 Å².